The average Bonchev–Trinajstić information content (AvgIpc) is 2.67. The smallest absolute Gasteiger partial charge is 0.404 e. The maximum atomic E-state index is 13.5. The summed E-state index contributed by atoms with van der Waals surface area (Å²) >= 11 is 5.68. The molecule has 1 saturated heterocycles. The van der Waals surface area contributed by atoms with Crippen LogP contribution >= 0.6 is 11.6 Å². The van der Waals surface area contributed by atoms with E-state index in [2.05, 4.69) is 10.2 Å². The van der Waals surface area contributed by atoms with E-state index in [0.717, 1.165) is 38.9 Å². The van der Waals surface area contributed by atoms with E-state index in [4.69, 9.17) is 21.4 Å². The van der Waals surface area contributed by atoms with Gasteiger partial charge >= 0.3 is 6.09 Å². The van der Waals surface area contributed by atoms with Crippen molar-refractivity contribution in [3.8, 4) is 11.5 Å². The summed E-state index contributed by atoms with van der Waals surface area (Å²) in [4.78, 5) is 12.9. The zero-order chi connectivity index (χ0) is 19.9. The number of hydrogen-bond donors (Lipinski definition) is 2. The number of carbonyl (C=O) groups is 1. The van der Waals surface area contributed by atoms with Crippen LogP contribution in [0.25, 0.3) is 0 Å². The highest BCUT2D eigenvalue weighted by Crippen LogP contribution is 2.26. The lowest BCUT2D eigenvalue weighted by Gasteiger charge is -2.32. The first-order valence-electron chi connectivity index (χ1n) is 9.40. The molecule has 0 bridgehead atoms. The number of halogens is 2. The van der Waals surface area contributed by atoms with E-state index in [1.165, 1.54) is 17.7 Å². The molecule has 0 spiro atoms. The molecule has 5 nitrogen and oxygen atoms in total. The van der Waals surface area contributed by atoms with Crippen molar-refractivity contribution in [1.82, 2.24) is 10.2 Å². The maximum absolute atomic E-state index is 13.5. The Hall–Kier alpha value is -2.31. The average molecular weight is 407 g/mol. The Morgan fingerprint density at radius 1 is 1.18 bits per heavy atom. The molecule has 1 heterocycles. The Labute approximate surface area is 169 Å². The van der Waals surface area contributed by atoms with Gasteiger partial charge in [0.15, 0.2) is 0 Å². The van der Waals surface area contributed by atoms with Crippen LogP contribution in [0.3, 0.4) is 0 Å². The minimum absolute atomic E-state index is 0.0737. The SMILES string of the molecule is O=C(O)NCCC1CCN(Cc2ccc(Oc3ccc(Cl)c(F)c3)cc2)CC1. The van der Waals surface area contributed by atoms with Crippen LogP contribution in [0.15, 0.2) is 42.5 Å². The third kappa shape index (κ3) is 6.11. The highest BCUT2D eigenvalue weighted by atomic mass is 35.5. The van der Waals surface area contributed by atoms with E-state index in [1.54, 1.807) is 6.07 Å². The highest BCUT2D eigenvalue weighted by molar-refractivity contribution is 6.30. The van der Waals surface area contributed by atoms with Gasteiger partial charge in [-0.25, -0.2) is 9.18 Å². The van der Waals surface area contributed by atoms with Crippen molar-refractivity contribution in [1.29, 1.82) is 0 Å². The maximum Gasteiger partial charge on any atom is 0.404 e. The number of nitrogens with zero attached hydrogens (tertiary/aromatic N) is 1. The quantitative estimate of drug-likeness (QED) is 0.668. The first-order valence-corrected chi connectivity index (χ1v) is 9.78. The predicted molar refractivity (Wildman–Crippen MR) is 107 cm³/mol. The van der Waals surface area contributed by atoms with Crippen LogP contribution in [-0.4, -0.2) is 35.7 Å². The number of benzene rings is 2. The van der Waals surface area contributed by atoms with Crippen LogP contribution in [0.2, 0.25) is 5.02 Å². The van der Waals surface area contributed by atoms with Gasteiger partial charge in [-0.1, -0.05) is 23.7 Å². The summed E-state index contributed by atoms with van der Waals surface area (Å²) in [6.07, 6.45) is 2.12. The zero-order valence-corrected chi connectivity index (χ0v) is 16.3. The summed E-state index contributed by atoms with van der Waals surface area (Å²) in [5.41, 5.74) is 1.20. The summed E-state index contributed by atoms with van der Waals surface area (Å²) in [6, 6.07) is 12.2. The molecular formula is C21H24ClFN2O3. The second kappa shape index (κ2) is 9.75. The molecule has 1 aliphatic heterocycles. The van der Waals surface area contributed by atoms with E-state index in [9.17, 15) is 9.18 Å². The highest BCUT2D eigenvalue weighted by Gasteiger charge is 2.19. The van der Waals surface area contributed by atoms with E-state index in [1.807, 2.05) is 24.3 Å². The van der Waals surface area contributed by atoms with Crippen LogP contribution in [0.5, 0.6) is 11.5 Å². The summed E-state index contributed by atoms with van der Waals surface area (Å²) in [6.45, 7) is 3.43. The summed E-state index contributed by atoms with van der Waals surface area (Å²) in [5, 5.41) is 11.1. The molecule has 0 atom stereocenters. The fraction of sp³-hybridized carbons (Fsp3) is 0.381. The van der Waals surface area contributed by atoms with Gasteiger partial charge in [-0.2, -0.15) is 0 Å². The number of ether oxygens (including phenoxy) is 1. The van der Waals surface area contributed by atoms with Gasteiger partial charge in [-0.05, 0) is 68.1 Å². The van der Waals surface area contributed by atoms with Crippen LogP contribution in [0.4, 0.5) is 9.18 Å². The van der Waals surface area contributed by atoms with Gasteiger partial charge in [0.25, 0.3) is 0 Å². The molecule has 7 heteroatoms. The monoisotopic (exact) mass is 406 g/mol. The largest absolute Gasteiger partial charge is 0.465 e. The van der Waals surface area contributed by atoms with Gasteiger partial charge < -0.3 is 15.2 Å². The number of carboxylic acid groups (broad SMARTS) is 1. The fourth-order valence-electron chi connectivity index (χ4n) is 3.41. The molecule has 1 fully saturated rings. The van der Waals surface area contributed by atoms with Crippen LogP contribution in [0, 0.1) is 11.7 Å². The third-order valence-electron chi connectivity index (χ3n) is 4.99. The van der Waals surface area contributed by atoms with Crippen molar-refractivity contribution in [3.63, 3.8) is 0 Å². The number of amides is 1. The second-order valence-electron chi connectivity index (χ2n) is 7.06. The van der Waals surface area contributed by atoms with Crippen LogP contribution < -0.4 is 10.1 Å². The number of rotatable bonds is 7. The topological polar surface area (TPSA) is 61.8 Å². The molecule has 150 valence electrons. The molecular weight excluding hydrogens is 383 g/mol. The van der Waals surface area contributed by atoms with Gasteiger partial charge in [0.05, 0.1) is 5.02 Å². The Kier molecular flexibility index (Phi) is 7.12. The molecule has 0 aliphatic carbocycles. The lowest BCUT2D eigenvalue weighted by atomic mass is 9.93. The molecule has 3 rings (SSSR count). The lowest BCUT2D eigenvalue weighted by molar-refractivity contribution is 0.168. The lowest BCUT2D eigenvalue weighted by Crippen LogP contribution is -2.34. The van der Waals surface area contributed by atoms with Gasteiger partial charge in [0.1, 0.15) is 17.3 Å². The Morgan fingerprint density at radius 2 is 1.86 bits per heavy atom. The number of hydrogen-bond acceptors (Lipinski definition) is 3. The van der Waals surface area contributed by atoms with Crippen molar-refractivity contribution < 1.29 is 19.0 Å². The molecule has 28 heavy (non-hydrogen) atoms. The molecule has 2 aromatic rings. The Bertz CT molecular complexity index is 793. The molecule has 2 N–H and O–H groups in total. The molecule has 2 aromatic carbocycles. The van der Waals surface area contributed by atoms with Crippen molar-refractivity contribution in [2.24, 2.45) is 5.92 Å². The first kappa shape index (κ1) is 20.4. The molecule has 1 amide bonds. The second-order valence-corrected chi connectivity index (χ2v) is 7.47. The Balaban J connectivity index is 1.44. The van der Waals surface area contributed by atoms with Crippen molar-refractivity contribution in [3.05, 3.63) is 58.9 Å². The van der Waals surface area contributed by atoms with Crippen molar-refractivity contribution in [2.45, 2.75) is 25.8 Å². The first-order chi connectivity index (χ1) is 13.5. The number of piperidine rings is 1. The van der Waals surface area contributed by atoms with Gasteiger partial charge in [-0.15, -0.1) is 0 Å². The molecule has 0 aromatic heterocycles. The summed E-state index contributed by atoms with van der Waals surface area (Å²) in [7, 11) is 0. The van der Waals surface area contributed by atoms with Gasteiger partial charge in [0, 0.05) is 19.2 Å². The molecule has 0 radical (unpaired) electrons. The van der Waals surface area contributed by atoms with E-state index < -0.39 is 11.9 Å². The van der Waals surface area contributed by atoms with Crippen molar-refractivity contribution >= 4 is 17.7 Å². The minimum Gasteiger partial charge on any atom is -0.465 e. The zero-order valence-electron chi connectivity index (χ0n) is 15.5. The Morgan fingerprint density at radius 3 is 2.50 bits per heavy atom. The predicted octanol–water partition coefficient (Wildman–Crippen LogP) is 5.14. The van der Waals surface area contributed by atoms with E-state index in [-0.39, 0.29) is 5.02 Å². The summed E-state index contributed by atoms with van der Waals surface area (Å²) < 4.78 is 19.2. The summed E-state index contributed by atoms with van der Waals surface area (Å²) in [5.74, 6) is 1.14. The van der Waals surface area contributed by atoms with Crippen LogP contribution in [0.1, 0.15) is 24.8 Å². The minimum atomic E-state index is -0.953. The standard InChI is InChI=1S/C21H24ClFN2O3/c22-19-6-5-18(13-20(19)23)28-17-3-1-16(2-4-17)14-25-11-8-15(9-12-25)7-10-24-21(26)27/h1-6,13,15,24H,7-12,14H2,(H,26,27). The van der Waals surface area contributed by atoms with Gasteiger partial charge in [-0.3, -0.25) is 4.90 Å². The third-order valence-corrected chi connectivity index (χ3v) is 5.30. The van der Waals surface area contributed by atoms with Gasteiger partial charge in [0.2, 0.25) is 0 Å². The normalized spacial score (nSPS) is 15.4. The van der Waals surface area contributed by atoms with E-state index in [0.29, 0.717) is 24.0 Å². The number of likely N-dealkylation sites (tertiary alicyclic amines) is 1. The van der Waals surface area contributed by atoms with Crippen molar-refractivity contribution in [2.75, 3.05) is 19.6 Å². The molecule has 0 unspecified atom stereocenters. The van der Waals surface area contributed by atoms with E-state index >= 15 is 0 Å². The molecule has 0 saturated carbocycles. The molecule has 1 aliphatic rings. The fourth-order valence-corrected chi connectivity index (χ4v) is 3.53. The number of nitrogens with one attached hydrogen (secondary N) is 1. The van der Waals surface area contributed by atoms with Crippen LogP contribution in [-0.2, 0) is 6.54 Å².